The maximum atomic E-state index is 11.8. The van der Waals surface area contributed by atoms with Crippen molar-refractivity contribution >= 4 is 11.8 Å². The Morgan fingerprint density at radius 1 is 1.05 bits per heavy atom. The number of rotatable bonds is 2. The summed E-state index contributed by atoms with van der Waals surface area (Å²) in [4.78, 5) is 26.4. The van der Waals surface area contributed by atoms with Crippen LogP contribution in [0.2, 0.25) is 0 Å². The Morgan fingerprint density at radius 2 is 1.63 bits per heavy atom. The van der Waals surface area contributed by atoms with Crippen LogP contribution in [-0.4, -0.2) is 42.3 Å². The number of likely N-dealkylation sites (N-methyl/N-ethyl adjacent to an activating group) is 2. The number of benzene rings is 1. The SMILES string of the molecule is CC(C)c1ccc(C2CN(C)C(=O)C(=O)N2C)cc1. The van der Waals surface area contributed by atoms with Crippen LogP contribution in [-0.2, 0) is 9.59 Å². The second-order valence-electron chi connectivity index (χ2n) is 5.44. The van der Waals surface area contributed by atoms with Crippen molar-refractivity contribution in [1.82, 2.24) is 9.80 Å². The number of amides is 2. The predicted octanol–water partition coefficient (Wildman–Crippen LogP) is 1.78. The van der Waals surface area contributed by atoms with Gasteiger partial charge in [-0.05, 0) is 17.0 Å². The Bertz CT molecular complexity index is 493. The summed E-state index contributed by atoms with van der Waals surface area (Å²) in [5, 5.41) is 0. The molecule has 1 unspecified atom stereocenters. The maximum Gasteiger partial charge on any atom is 0.312 e. The second kappa shape index (κ2) is 5.03. The van der Waals surface area contributed by atoms with Crippen molar-refractivity contribution < 1.29 is 9.59 Å². The molecule has 1 aliphatic heterocycles. The third kappa shape index (κ3) is 2.48. The molecule has 1 atom stereocenters. The Morgan fingerprint density at radius 3 is 2.16 bits per heavy atom. The van der Waals surface area contributed by atoms with Crippen LogP contribution in [0.5, 0.6) is 0 Å². The number of piperazine rings is 1. The second-order valence-corrected chi connectivity index (χ2v) is 5.44. The summed E-state index contributed by atoms with van der Waals surface area (Å²) in [5.74, 6) is -0.381. The van der Waals surface area contributed by atoms with Gasteiger partial charge >= 0.3 is 11.8 Å². The number of carbonyl (C=O) groups is 2. The van der Waals surface area contributed by atoms with Crippen LogP contribution in [0, 0.1) is 0 Å². The van der Waals surface area contributed by atoms with Gasteiger partial charge in [0.05, 0.1) is 6.04 Å². The van der Waals surface area contributed by atoms with E-state index in [9.17, 15) is 9.59 Å². The van der Waals surface area contributed by atoms with Crippen molar-refractivity contribution in [2.75, 3.05) is 20.6 Å². The van der Waals surface area contributed by atoms with E-state index in [1.54, 1.807) is 14.1 Å². The molecule has 1 fully saturated rings. The lowest BCUT2D eigenvalue weighted by molar-refractivity contribution is -0.156. The summed E-state index contributed by atoms with van der Waals surface area (Å²) in [6.45, 7) is 4.84. The Balaban J connectivity index is 2.26. The number of hydrogen-bond acceptors (Lipinski definition) is 2. The highest BCUT2D eigenvalue weighted by atomic mass is 16.2. The van der Waals surface area contributed by atoms with Gasteiger partial charge in [-0.25, -0.2) is 0 Å². The minimum Gasteiger partial charge on any atom is -0.335 e. The first-order chi connectivity index (χ1) is 8.91. The molecule has 1 heterocycles. The van der Waals surface area contributed by atoms with Gasteiger partial charge in [0, 0.05) is 20.6 Å². The normalized spacial score (nSPS) is 20.4. The first-order valence-electron chi connectivity index (χ1n) is 6.54. The van der Waals surface area contributed by atoms with Crippen LogP contribution in [0.4, 0.5) is 0 Å². The van der Waals surface area contributed by atoms with Gasteiger partial charge in [0.1, 0.15) is 0 Å². The molecule has 4 nitrogen and oxygen atoms in total. The van der Waals surface area contributed by atoms with Crippen LogP contribution in [0.3, 0.4) is 0 Å². The number of nitrogens with zero attached hydrogens (tertiary/aromatic N) is 2. The highest BCUT2D eigenvalue weighted by Gasteiger charge is 2.35. The maximum absolute atomic E-state index is 11.8. The lowest BCUT2D eigenvalue weighted by Gasteiger charge is -2.37. The number of carbonyl (C=O) groups excluding carboxylic acids is 2. The van der Waals surface area contributed by atoms with Crippen LogP contribution in [0.1, 0.15) is 36.9 Å². The number of hydrogen-bond donors (Lipinski definition) is 0. The van der Waals surface area contributed by atoms with E-state index in [2.05, 4.69) is 26.0 Å². The summed E-state index contributed by atoms with van der Waals surface area (Å²) in [6.07, 6.45) is 0. The van der Waals surface area contributed by atoms with Gasteiger partial charge in [-0.15, -0.1) is 0 Å². The van der Waals surface area contributed by atoms with E-state index < -0.39 is 11.8 Å². The third-order valence-corrected chi connectivity index (χ3v) is 3.75. The molecule has 2 rings (SSSR count). The van der Waals surface area contributed by atoms with Gasteiger partial charge in [-0.1, -0.05) is 38.1 Å². The highest BCUT2D eigenvalue weighted by Crippen LogP contribution is 2.26. The molecule has 0 saturated carbocycles. The molecular formula is C15H20N2O2. The molecule has 0 N–H and O–H groups in total. The molecule has 1 aliphatic rings. The lowest BCUT2D eigenvalue weighted by atomic mass is 9.97. The van der Waals surface area contributed by atoms with Crippen molar-refractivity contribution in [1.29, 1.82) is 0 Å². The van der Waals surface area contributed by atoms with Gasteiger partial charge in [0.15, 0.2) is 0 Å². The molecule has 0 radical (unpaired) electrons. The van der Waals surface area contributed by atoms with E-state index in [4.69, 9.17) is 0 Å². The fourth-order valence-corrected chi connectivity index (χ4v) is 2.35. The quantitative estimate of drug-likeness (QED) is 0.761. The Hall–Kier alpha value is -1.84. The van der Waals surface area contributed by atoms with Gasteiger partial charge in [-0.2, -0.15) is 0 Å². The zero-order valence-corrected chi connectivity index (χ0v) is 11.9. The minimum absolute atomic E-state index is 0.0589. The van der Waals surface area contributed by atoms with Crippen molar-refractivity contribution in [3.8, 4) is 0 Å². The summed E-state index contributed by atoms with van der Waals surface area (Å²) in [5.41, 5.74) is 2.34. The summed E-state index contributed by atoms with van der Waals surface area (Å²) >= 11 is 0. The molecule has 102 valence electrons. The molecule has 0 aromatic heterocycles. The molecule has 0 aliphatic carbocycles. The van der Waals surface area contributed by atoms with E-state index in [0.29, 0.717) is 12.5 Å². The van der Waals surface area contributed by atoms with Gasteiger partial charge < -0.3 is 9.80 Å². The van der Waals surface area contributed by atoms with E-state index in [1.807, 2.05) is 12.1 Å². The summed E-state index contributed by atoms with van der Waals surface area (Å²) in [6, 6.07) is 8.22. The van der Waals surface area contributed by atoms with Crippen molar-refractivity contribution in [3.05, 3.63) is 35.4 Å². The zero-order chi connectivity index (χ0) is 14.2. The molecule has 1 saturated heterocycles. The molecule has 19 heavy (non-hydrogen) atoms. The van der Waals surface area contributed by atoms with E-state index in [0.717, 1.165) is 5.56 Å². The molecule has 1 aromatic carbocycles. The van der Waals surface area contributed by atoms with Crippen molar-refractivity contribution in [2.24, 2.45) is 0 Å². The molecule has 1 aromatic rings. The van der Waals surface area contributed by atoms with Crippen LogP contribution >= 0.6 is 0 Å². The Kier molecular flexibility index (Phi) is 3.60. The minimum atomic E-state index is -0.438. The largest absolute Gasteiger partial charge is 0.335 e. The zero-order valence-electron chi connectivity index (χ0n) is 11.9. The molecule has 4 heteroatoms. The van der Waals surface area contributed by atoms with E-state index in [-0.39, 0.29) is 6.04 Å². The van der Waals surface area contributed by atoms with Crippen LogP contribution in [0.15, 0.2) is 24.3 Å². The smallest absolute Gasteiger partial charge is 0.312 e. The molecule has 0 bridgehead atoms. The predicted molar refractivity (Wildman–Crippen MR) is 73.7 cm³/mol. The Labute approximate surface area is 114 Å². The average molecular weight is 260 g/mol. The molecule has 2 amide bonds. The monoisotopic (exact) mass is 260 g/mol. The van der Waals surface area contributed by atoms with Gasteiger partial charge in [0.25, 0.3) is 0 Å². The standard InChI is InChI=1S/C15H20N2O2/c1-10(2)11-5-7-12(8-6-11)13-9-16(3)14(18)15(19)17(13)4/h5-8,10,13H,9H2,1-4H3. The van der Waals surface area contributed by atoms with Gasteiger partial charge in [0.2, 0.25) is 0 Å². The fraction of sp³-hybridized carbons (Fsp3) is 0.467. The van der Waals surface area contributed by atoms with E-state index >= 15 is 0 Å². The highest BCUT2D eigenvalue weighted by molar-refractivity contribution is 6.35. The van der Waals surface area contributed by atoms with Crippen molar-refractivity contribution in [2.45, 2.75) is 25.8 Å². The lowest BCUT2D eigenvalue weighted by Crippen LogP contribution is -2.52. The van der Waals surface area contributed by atoms with Crippen LogP contribution < -0.4 is 0 Å². The first kappa shape index (κ1) is 13.6. The first-order valence-corrected chi connectivity index (χ1v) is 6.54. The summed E-state index contributed by atoms with van der Waals surface area (Å²) < 4.78 is 0. The molecular weight excluding hydrogens is 240 g/mol. The van der Waals surface area contributed by atoms with Gasteiger partial charge in [-0.3, -0.25) is 9.59 Å². The average Bonchev–Trinajstić information content (AvgIpc) is 2.40. The summed E-state index contributed by atoms with van der Waals surface area (Å²) in [7, 11) is 3.36. The van der Waals surface area contributed by atoms with Crippen LogP contribution in [0.25, 0.3) is 0 Å². The molecule has 0 spiro atoms. The van der Waals surface area contributed by atoms with E-state index in [1.165, 1.54) is 15.4 Å². The fourth-order valence-electron chi connectivity index (χ4n) is 2.35. The third-order valence-electron chi connectivity index (χ3n) is 3.75. The topological polar surface area (TPSA) is 40.6 Å². The van der Waals surface area contributed by atoms with Crippen molar-refractivity contribution in [3.63, 3.8) is 0 Å².